The summed E-state index contributed by atoms with van der Waals surface area (Å²) in [6.07, 6.45) is 6.73. The lowest BCUT2D eigenvalue weighted by atomic mass is 10.0. The van der Waals surface area contributed by atoms with Gasteiger partial charge in [0.05, 0.1) is 11.1 Å². The number of H-pyrrole nitrogens is 1. The van der Waals surface area contributed by atoms with Gasteiger partial charge in [0, 0.05) is 60.4 Å². The molecule has 0 aliphatic carbocycles. The van der Waals surface area contributed by atoms with E-state index >= 15 is 0 Å². The highest BCUT2D eigenvalue weighted by Gasteiger charge is 2.33. The predicted octanol–water partition coefficient (Wildman–Crippen LogP) is 4.99. The summed E-state index contributed by atoms with van der Waals surface area (Å²) < 4.78 is 14.0. The number of unbranched alkanes of at least 4 members (excludes halogenated alkanes) is 3. The third-order valence-electron chi connectivity index (χ3n) is 8.81. The smallest absolute Gasteiger partial charge is 0.255 e. The van der Waals surface area contributed by atoms with Crippen molar-refractivity contribution in [1.82, 2.24) is 20.5 Å². The van der Waals surface area contributed by atoms with Crippen molar-refractivity contribution in [3.05, 3.63) is 81.4 Å². The second kappa shape index (κ2) is 17.2. The first-order chi connectivity index (χ1) is 23.9. The van der Waals surface area contributed by atoms with E-state index in [1.165, 1.54) is 30.1 Å². The number of carbonyl (C=O) groups is 6. The van der Waals surface area contributed by atoms with Crippen molar-refractivity contribution in [2.45, 2.75) is 65.3 Å². The number of aromatic nitrogens is 1. The Morgan fingerprint density at radius 3 is 2.44 bits per heavy atom. The third kappa shape index (κ3) is 9.10. The number of piperidine rings is 1. The normalized spacial score (nSPS) is 14.5. The van der Waals surface area contributed by atoms with Crippen LogP contribution < -0.4 is 21.3 Å². The van der Waals surface area contributed by atoms with Crippen molar-refractivity contribution in [2.24, 2.45) is 0 Å². The fourth-order valence-electron chi connectivity index (χ4n) is 6.05. The first-order valence-corrected chi connectivity index (χ1v) is 16.5. The number of imide groups is 1. The van der Waals surface area contributed by atoms with Gasteiger partial charge in [-0.2, -0.15) is 0 Å². The zero-order valence-electron chi connectivity index (χ0n) is 28.7. The van der Waals surface area contributed by atoms with Gasteiger partial charge in [0.2, 0.25) is 18.2 Å². The van der Waals surface area contributed by atoms with Gasteiger partial charge in [0.25, 0.3) is 11.8 Å². The molecule has 50 heavy (non-hydrogen) atoms. The number of amides is 5. The van der Waals surface area contributed by atoms with Crippen LogP contribution in [0.4, 0.5) is 15.8 Å². The van der Waals surface area contributed by atoms with Crippen molar-refractivity contribution in [1.29, 1.82) is 0 Å². The molecule has 1 atom stereocenters. The Labute approximate surface area is 290 Å². The van der Waals surface area contributed by atoms with Gasteiger partial charge in [0.15, 0.2) is 6.29 Å². The van der Waals surface area contributed by atoms with Gasteiger partial charge in [-0.15, -0.1) is 0 Å². The maximum absolute atomic E-state index is 14.0. The summed E-state index contributed by atoms with van der Waals surface area (Å²) in [4.78, 5) is 77.2. The van der Waals surface area contributed by atoms with E-state index < -0.39 is 23.7 Å². The maximum Gasteiger partial charge on any atom is 0.255 e. The molecular formula is C37H43FN6O6. The van der Waals surface area contributed by atoms with Crippen molar-refractivity contribution >= 4 is 59.3 Å². The highest BCUT2D eigenvalue weighted by atomic mass is 19.1. The average Bonchev–Trinajstić information content (AvgIpc) is 3.37. The number of nitrogens with one attached hydrogen (secondary N) is 5. The second-order valence-electron chi connectivity index (χ2n) is 12.3. The molecule has 0 saturated carbocycles. The molecule has 3 aromatic rings. The molecule has 1 aromatic heterocycles. The molecule has 0 spiro atoms. The van der Waals surface area contributed by atoms with Crippen LogP contribution in [0.3, 0.4) is 0 Å². The van der Waals surface area contributed by atoms with E-state index in [9.17, 15) is 33.2 Å². The Morgan fingerprint density at radius 1 is 1.00 bits per heavy atom. The molecule has 0 radical (unpaired) electrons. The molecule has 1 aliphatic heterocycles. The first kappa shape index (κ1) is 37.2. The number of aromatic amines is 1. The standard InChI is InChI=1S/C37H43FN6O6/c1-22(28-18-26(38)10-12-30(28)41-21-46)17-31-23(2)34(24(3)42-31)36(49)40-16-8-6-5-7-15-39-27-11-9-25(20-45)29(19-27)37(50)44(4)32-13-14-33(47)43-35(32)48/h9-12,17-21,32,39,42H,5-8,13-16H2,1-4H3,(H,40,49)(H,41,46)(H,43,47,48)/b22-17+. The highest BCUT2D eigenvalue weighted by Crippen LogP contribution is 2.28. The molecule has 1 aliphatic rings. The molecule has 1 unspecified atom stereocenters. The number of rotatable bonds is 16. The van der Waals surface area contributed by atoms with Gasteiger partial charge < -0.3 is 25.8 Å². The van der Waals surface area contributed by atoms with Crippen LogP contribution >= 0.6 is 0 Å². The van der Waals surface area contributed by atoms with Crippen molar-refractivity contribution in [2.75, 3.05) is 30.8 Å². The van der Waals surface area contributed by atoms with Crippen LogP contribution in [-0.4, -0.2) is 72.4 Å². The molecule has 1 fully saturated rings. The number of hydrogen-bond acceptors (Lipinski definition) is 7. The van der Waals surface area contributed by atoms with E-state index in [0.717, 1.165) is 36.9 Å². The van der Waals surface area contributed by atoms with Gasteiger partial charge in [0.1, 0.15) is 11.9 Å². The molecule has 5 amide bonds. The largest absolute Gasteiger partial charge is 0.385 e. The molecule has 2 aromatic carbocycles. The van der Waals surface area contributed by atoms with E-state index in [1.54, 1.807) is 18.2 Å². The Balaban J connectivity index is 1.23. The molecule has 0 bridgehead atoms. The maximum atomic E-state index is 14.0. The predicted molar refractivity (Wildman–Crippen MR) is 189 cm³/mol. The van der Waals surface area contributed by atoms with E-state index in [0.29, 0.717) is 59.6 Å². The van der Waals surface area contributed by atoms with Crippen LogP contribution in [0.5, 0.6) is 0 Å². The van der Waals surface area contributed by atoms with Crippen LogP contribution in [-0.2, 0) is 14.4 Å². The Morgan fingerprint density at radius 2 is 1.74 bits per heavy atom. The zero-order chi connectivity index (χ0) is 36.4. The molecular weight excluding hydrogens is 643 g/mol. The van der Waals surface area contributed by atoms with E-state index in [-0.39, 0.29) is 35.8 Å². The molecule has 2 heterocycles. The van der Waals surface area contributed by atoms with E-state index in [1.807, 2.05) is 26.8 Å². The Hall–Kier alpha value is -5.59. The summed E-state index contributed by atoms with van der Waals surface area (Å²) in [5.74, 6) is -1.99. The quantitative estimate of drug-likeness (QED) is 0.0803. The lowest BCUT2D eigenvalue weighted by molar-refractivity contribution is -0.136. The summed E-state index contributed by atoms with van der Waals surface area (Å²) >= 11 is 0. The number of allylic oxidation sites excluding steroid dienone is 1. The van der Waals surface area contributed by atoms with E-state index in [4.69, 9.17) is 0 Å². The average molecular weight is 687 g/mol. The summed E-state index contributed by atoms with van der Waals surface area (Å²) in [5, 5.41) is 11.1. The molecule has 12 nitrogen and oxygen atoms in total. The van der Waals surface area contributed by atoms with E-state index in [2.05, 4.69) is 26.3 Å². The molecule has 13 heteroatoms. The minimum absolute atomic E-state index is 0.137. The third-order valence-corrected chi connectivity index (χ3v) is 8.81. The number of carbonyl (C=O) groups excluding carboxylic acids is 6. The topological polar surface area (TPSA) is 170 Å². The molecule has 5 N–H and O–H groups in total. The number of nitrogens with zero attached hydrogens (tertiary/aromatic N) is 1. The van der Waals surface area contributed by atoms with Crippen LogP contribution in [0.25, 0.3) is 11.6 Å². The highest BCUT2D eigenvalue weighted by molar-refractivity contribution is 6.06. The number of halogens is 1. The van der Waals surface area contributed by atoms with Crippen molar-refractivity contribution in [3.8, 4) is 0 Å². The van der Waals surface area contributed by atoms with Crippen LogP contribution in [0.15, 0.2) is 36.4 Å². The Kier molecular flexibility index (Phi) is 12.8. The van der Waals surface area contributed by atoms with Crippen molar-refractivity contribution in [3.63, 3.8) is 0 Å². The van der Waals surface area contributed by atoms with Gasteiger partial charge >= 0.3 is 0 Å². The second-order valence-corrected chi connectivity index (χ2v) is 12.3. The zero-order valence-corrected chi connectivity index (χ0v) is 28.7. The van der Waals surface area contributed by atoms with Gasteiger partial charge in [-0.05, 0) is 93.6 Å². The molecule has 4 rings (SSSR count). The number of aryl methyl sites for hydroxylation is 1. The molecule has 1 saturated heterocycles. The number of benzene rings is 2. The van der Waals surface area contributed by atoms with Crippen LogP contribution in [0.2, 0.25) is 0 Å². The fourth-order valence-corrected chi connectivity index (χ4v) is 6.05. The number of aldehydes is 1. The lowest BCUT2D eigenvalue weighted by Gasteiger charge is -2.30. The summed E-state index contributed by atoms with van der Waals surface area (Å²) in [7, 11) is 1.48. The summed E-state index contributed by atoms with van der Waals surface area (Å²) in [6.45, 7) is 6.61. The Bertz CT molecular complexity index is 1820. The van der Waals surface area contributed by atoms with Gasteiger partial charge in [-0.25, -0.2) is 4.39 Å². The number of likely N-dealkylation sites (N-methyl/N-ethyl adjacent to an activating group) is 1. The minimum atomic E-state index is -0.795. The molecule has 264 valence electrons. The fraction of sp³-hybridized carbons (Fsp3) is 0.351. The van der Waals surface area contributed by atoms with Crippen LogP contribution in [0.1, 0.15) is 99.0 Å². The minimum Gasteiger partial charge on any atom is -0.385 e. The number of hydrogen-bond donors (Lipinski definition) is 5. The van der Waals surface area contributed by atoms with Gasteiger partial charge in [-0.1, -0.05) is 12.8 Å². The monoisotopic (exact) mass is 686 g/mol. The summed E-state index contributed by atoms with van der Waals surface area (Å²) in [6, 6.07) is 8.21. The van der Waals surface area contributed by atoms with Crippen molar-refractivity contribution < 1.29 is 33.2 Å². The number of anilines is 2. The summed E-state index contributed by atoms with van der Waals surface area (Å²) in [5.41, 5.74) is 5.53. The SMILES string of the molecule is C/C(=C\c1[nH]c(C)c(C(=O)NCCCCCCNc2ccc(C=O)c(C(=O)N(C)C3CCC(=O)NC3=O)c2)c1C)c1cc(F)ccc1NC=O. The van der Waals surface area contributed by atoms with Gasteiger partial charge in [-0.3, -0.25) is 34.1 Å². The first-order valence-electron chi connectivity index (χ1n) is 16.5. The van der Waals surface area contributed by atoms with Crippen LogP contribution in [0, 0.1) is 19.7 Å². The lowest BCUT2D eigenvalue weighted by Crippen LogP contribution is -2.53.